The zero-order valence-corrected chi connectivity index (χ0v) is 36.6. The Bertz CT molecular complexity index is 2390. The van der Waals surface area contributed by atoms with Gasteiger partial charge >= 0.3 is 0 Å². The summed E-state index contributed by atoms with van der Waals surface area (Å²) in [4.78, 5) is 90.3. The van der Waals surface area contributed by atoms with E-state index in [0.717, 1.165) is 26.8 Å². The number of Topliss-reactive ketones (excluding diaryl/α,β-unsaturated/α-hetero) is 1. The highest BCUT2D eigenvalue weighted by atomic mass is 32.2. The van der Waals surface area contributed by atoms with Gasteiger partial charge in [-0.05, 0) is 94.9 Å². The molecule has 1 saturated heterocycles. The van der Waals surface area contributed by atoms with E-state index in [0.29, 0.717) is 29.7 Å². The fourth-order valence-corrected chi connectivity index (χ4v) is 12.0. The van der Waals surface area contributed by atoms with E-state index in [9.17, 15) is 43.8 Å². The van der Waals surface area contributed by atoms with Crippen LogP contribution in [0.15, 0.2) is 94.3 Å². The first-order valence-corrected chi connectivity index (χ1v) is 22.3. The Morgan fingerprint density at radius 1 is 0.938 bits per heavy atom. The van der Waals surface area contributed by atoms with Crippen LogP contribution in [0, 0.1) is 22.7 Å². The molecule has 338 valence electrons. The van der Waals surface area contributed by atoms with Crippen LogP contribution in [0.3, 0.4) is 0 Å². The van der Waals surface area contributed by atoms with Gasteiger partial charge in [-0.2, -0.15) is 0 Å². The molecule has 6 aliphatic rings. The molecule has 2 aromatic carbocycles. The maximum atomic E-state index is 17.7. The number of rotatable bonds is 13. The van der Waals surface area contributed by atoms with Gasteiger partial charge in [0, 0.05) is 62.9 Å². The van der Waals surface area contributed by atoms with Crippen molar-refractivity contribution in [3.63, 3.8) is 0 Å². The van der Waals surface area contributed by atoms with Crippen molar-refractivity contribution < 1.29 is 57.6 Å². The quantitative estimate of drug-likeness (QED) is 0.182. The highest BCUT2D eigenvalue weighted by Gasteiger charge is 2.79. The smallest absolute Gasteiger partial charge is 0.253 e. The third-order valence-electron chi connectivity index (χ3n) is 14.4. The van der Waals surface area contributed by atoms with Gasteiger partial charge in [-0.25, -0.2) is 4.39 Å². The SMILES string of the molecule is C[C@H](NC(=O)CCN1C(=O)C=CC1=O)C(=O)N[C@@H](C)C(=O)Nc1cccc(Sc2ccc([C@@H]3O[C@@H]4C[C@H]5C6CCC7=CC(=O)C=C[C@]7(C)[C@@]6(F)[C@@H](O)C[C@]5(C)[C@]4(C(=O)CO)O3)cc2)c1. The molecule has 0 aromatic heterocycles. The molecular formula is C47H51FN4O11S. The van der Waals surface area contributed by atoms with Gasteiger partial charge in [0.25, 0.3) is 11.8 Å². The van der Waals surface area contributed by atoms with Gasteiger partial charge in [0.05, 0.1) is 12.2 Å². The van der Waals surface area contributed by atoms with Crippen LogP contribution in [0.25, 0.3) is 0 Å². The molecule has 0 radical (unpaired) electrons. The average molecular weight is 899 g/mol. The fourth-order valence-electron chi connectivity index (χ4n) is 11.1. The average Bonchev–Trinajstić information content (AvgIpc) is 3.88. The summed E-state index contributed by atoms with van der Waals surface area (Å²) in [7, 11) is 0. The lowest BCUT2D eigenvalue weighted by atomic mass is 9.44. The largest absolute Gasteiger partial charge is 0.390 e. The number of benzene rings is 2. The summed E-state index contributed by atoms with van der Waals surface area (Å²) in [5.74, 6) is -4.54. The number of ether oxygens (including phenoxy) is 2. The molecule has 64 heavy (non-hydrogen) atoms. The van der Waals surface area contributed by atoms with Crippen LogP contribution in [0.2, 0.25) is 0 Å². The van der Waals surface area contributed by atoms with Crippen molar-refractivity contribution >= 4 is 58.6 Å². The summed E-state index contributed by atoms with van der Waals surface area (Å²) in [6.07, 6.45) is 4.23. The third-order valence-corrected chi connectivity index (χ3v) is 15.4. The Morgan fingerprint density at radius 2 is 1.64 bits per heavy atom. The lowest BCUT2D eigenvalue weighted by Crippen LogP contribution is -2.69. The summed E-state index contributed by atoms with van der Waals surface area (Å²) in [6, 6.07) is 12.5. The van der Waals surface area contributed by atoms with E-state index >= 15 is 4.39 Å². The number of hydrogen-bond donors (Lipinski definition) is 5. The topological polar surface area (TPSA) is 218 Å². The number of nitrogens with zero attached hydrogens (tertiary/aromatic N) is 1. The van der Waals surface area contributed by atoms with Gasteiger partial charge in [0.15, 0.2) is 29.1 Å². The number of nitrogens with one attached hydrogen (secondary N) is 3. The molecule has 5 N–H and O–H groups in total. The molecule has 2 aliphatic heterocycles. The van der Waals surface area contributed by atoms with Crippen molar-refractivity contribution in [2.24, 2.45) is 22.7 Å². The summed E-state index contributed by atoms with van der Waals surface area (Å²) in [5, 5.41) is 30.0. The van der Waals surface area contributed by atoms with Crippen LogP contribution < -0.4 is 16.0 Å². The second-order valence-electron chi connectivity index (χ2n) is 18.0. The number of aliphatic hydroxyl groups excluding tert-OH is 2. The van der Waals surface area contributed by atoms with Gasteiger partial charge in [-0.15, -0.1) is 0 Å². The molecule has 5 amide bonds. The van der Waals surface area contributed by atoms with E-state index in [-0.39, 0.29) is 31.6 Å². The summed E-state index contributed by atoms with van der Waals surface area (Å²) >= 11 is 1.41. The number of anilines is 1. The Kier molecular flexibility index (Phi) is 12.0. The van der Waals surface area contributed by atoms with Crippen molar-refractivity contribution in [1.82, 2.24) is 15.5 Å². The molecule has 15 nitrogen and oxygen atoms in total. The molecule has 4 fully saturated rings. The van der Waals surface area contributed by atoms with Crippen molar-refractivity contribution in [3.8, 4) is 0 Å². The molecule has 17 heteroatoms. The standard InChI is InChI=1S/C47H51FN4O11S/c1-25(49-38(57)17-19-52-39(58)14-15-40(52)59)41(60)50-26(2)42(61)51-29-6-5-7-32(21-29)64-31-11-8-27(9-12-31)43-62-37-22-34-33-13-10-28-20-30(54)16-18-44(28,3)46(33,48)35(55)23-45(34,4)47(37,63-43)36(56)24-53/h5-9,11-12,14-16,18,20-21,25-26,33-35,37,43,53,55H,10,13,17,19,22-24H2,1-4H3,(H,49,57)(H,50,60)(H,51,61)/t25-,26-,33?,34-,35-,37+,43+,44-,45-,46-,47+/m0/s1. The molecular weight excluding hydrogens is 848 g/mol. The Labute approximate surface area is 373 Å². The molecule has 0 bridgehead atoms. The monoisotopic (exact) mass is 898 g/mol. The highest BCUT2D eigenvalue weighted by molar-refractivity contribution is 7.99. The number of alkyl halides is 1. The second kappa shape index (κ2) is 16.9. The third kappa shape index (κ3) is 7.44. The van der Waals surface area contributed by atoms with Crippen LogP contribution in [0.1, 0.15) is 71.7 Å². The summed E-state index contributed by atoms with van der Waals surface area (Å²) in [5.41, 5.74) is -4.26. The molecule has 0 spiro atoms. The number of hydrogen-bond acceptors (Lipinski definition) is 12. The van der Waals surface area contributed by atoms with E-state index < -0.39 is 106 Å². The second-order valence-corrected chi connectivity index (χ2v) is 19.2. The predicted octanol–water partition coefficient (Wildman–Crippen LogP) is 3.80. The van der Waals surface area contributed by atoms with Crippen LogP contribution in [-0.2, 0) is 43.0 Å². The number of aliphatic hydroxyl groups is 2. The molecule has 4 aliphatic carbocycles. The lowest BCUT2D eigenvalue weighted by Gasteiger charge is -2.62. The van der Waals surface area contributed by atoms with E-state index in [2.05, 4.69) is 16.0 Å². The van der Waals surface area contributed by atoms with Crippen LogP contribution in [0.5, 0.6) is 0 Å². The van der Waals surface area contributed by atoms with Gasteiger partial charge in [0.2, 0.25) is 17.7 Å². The first-order valence-electron chi connectivity index (χ1n) is 21.4. The van der Waals surface area contributed by atoms with Crippen molar-refractivity contribution in [2.75, 3.05) is 18.5 Å². The number of carbonyl (C=O) groups is 7. The van der Waals surface area contributed by atoms with Crippen LogP contribution >= 0.6 is 11.8 Å². The number of amides is 5. The minimum atomic E-state index is -2.10. The minimum Gasteiger partial charge on any atom is -0.390 e. The zero-order valence-electron chi connectivity index (χ0n) is 35.8. The number of carbonyl (C=O) groups excluding carboxylic acids is 7. The molecule has 3 saturated carbocycles. The molecule has 2 heterocycles. The first-order chi connectivity index (χ1) is 30.3. The maximum Gasteiger partial charge on any atom is 0.253 e. The number of imide groups is 1. The molecule has 2 aromatic rings. The normalized spacial score (nSPS) is 33.4. The summed E-state index contributed by atoms with van der Waals surface area (Å²) < 4.78 is 30.9. The number of fused-ring (bicyclic) bond motifs is 7. The highest BCUT2D eigenvalue weighted by Crippen LogP contribution is 2.72. The summed E-state index contributed by atoms with van der Waals surface area (Å²) in [6.45, 7) is 5.58. The van der Waals surface area contributed by atoms with Crippen molar-refractivity contribution in [1.29, 1.82) is 0 Å². The van der Waals surface area contributed by atoms with Crippen molar-refractivity contribution in [2.45, 2.75) is 111 Å². The van der Waals surface area contributed by atoms with Crippen molar-refractivity contribution in [3.05, 3.63) is 90.0 Å². The Morgan fingerprint density at radius 3 is 2.34 bits per heavy atom. The van der Waals surface area contributed by atoms with Gasteiger partial charge in [0.1, 0.15) is 18.7 Å². The molecule has 8 rings (SSSR count). The minimum absolute atomic E-state index is 0.107. The molecule has 1 unspecified atom stereocenters. The van der Waals surface area contributed by atoms with Gasteiger partial charge in [-0.1, -0.05) is 48.5 Å². The van der Waals surface area contributed by atoms with Crippen LogP contribution in [0.4, 0.5) is 10.1 Å². The number of allylic oxidation sites excluding steroid dienone is 4. The maximum absolute atomic E-state index is 17.7. The van der Waals surface area contributed by atoms with Crippen LogP contribution in [-0.4, -0.2) is 105 Å². The number of halogens is 1. The van der Waals surface area contributed by atoms with E-state index in [1.165, 1.54) is 37.8 Å². The fraction of sp³-hybridized carbons (Fsp3) is 0.468. The predicted molar refractivity (Wildman–Crippen MR) is 229 cm³/mol. The van der Waals surface area contributed by atoms with E-state index in [1.807, 2.05) is 37.3 Å². The zero-order chi connectivity index (χ0) is 45.9. The van der Waals surface area contributed by atoms with E-state index in [4.69, 9.17) is 9.47 Å². The van der Waals surface area contributed by atoms with Gasteiger partial charge < -0.3 is 35.6 Å². The number of ketones is 2. The van der Waals surface area contributed by atoms with E-state index in [1.54, 1.807) is 31.2 Å². The van der Waals surface area contributed by atoms with Gasteiger partial charge in [-0.3, -0.25) is 38.5 Å². The molecule has 11 atom stereocenters. The first kappa shape index (κ1) is 45.2. The lowest BCUT2D eigenvalue weighted by molar-refractivity contribution is -0.231. The Hall–Kier alpha value is -5.33. The Balaban J connectivity index is 0.879.